The average molecular weight is 312 g/mol. The number of carbonyl (C=O) groups is 3. The van der Waals surface area contributed by atoms with E-state index in [1.165, 1.54) is 0 Å². The van der Waals surface area contributed by atoms with Gasteiger partial charge in [-0.25, -0.2) is 0 Å². The summed E-state index contributed by atoms with van der Waals surface area (Å²) in [6.45, 7) is 0. The van der Waals surface area contributed by atoms with Crippen molar-refractivity contribution in [2.45, 2.75) is 38.5 Å². The monoisotopic (exact) mass is 312 g/mol. The Hall–Kier alpha value is -1.94. The first kappa shape index (κ1) is 17.1. The molecule has 0 aliphatic rings. The zero-order chi connectivity index (χ0) is 15.8. The summed E-state index contributed by atoms with van der Waals surface area (Å²) in [5, 5.41) is 27.2. The molecule has 21 heavy (non-hydrogen) atoms. The number of hydrogen-bond acceptors (Lipinski definition) is 3. The van der Waals surface area contributed by atoms with Crippen LogP contribution >= 0.6 is 8.19 Å². The number of carboxylic acids is 3. The van der Waals surface area contributed by atoms with Gasteiger partial charge in [0.15, 0.2) is 0 Å². The minimum atomic E-state index is -0.927. The first-order valence-corrected chi connectivity index (χ1v) is 7.47. The minimum Gasteiger partial charge on any atom is -0.481 e. The summed E-state index contributed by atoms with van der Waals surface area (Å²) in [5.41, 5.74) is 1.61. The summed E-state index contributed by atoms with van der Waals surface area (Å²) >= 11 is 0. The standard InChI is InChI=1S/C14H17O6P/c15-12(16)4-1-9-7-8-21-11(3-6-14(19)20)10(9)2-5-13(17)18/h7-8H,1-6H2,(H,15,16)(H,17,18)(H,19,20). The van der Waals surface area contributed by atoms with Gasteiger partial charge in [-0.15, -0.1) is 0 Å². The molecule has 0 aliphatic carbocycles. The third-order valence-corrected chi connectivity index (χ3v) is 4.12. The van der Waals surface area contributed by atoms with Crippen LogP contribution in [-0.2, 0) is 33.6 Å². The lowest BCUT2D eigenvalue weighted by atomic mass is 9.98. The number of hydrogen-bond donors (Lipinski definition) is 3. The van der Waals surface area contributed by atoms with Crippen LogP contribution in [0.3, 0.4) is 0 Å². The molecular weight excluding hydrogens is 295 g/mol. The summed E-state index contributed by atoms with van der Waals surface area (Å²) in [4.78, 5) is 32.1. The van der Waals surface area contributed by atoms with Crippen LogP contribution < -0.4 is 0 Å². The van der Waals surface area contributed by atoms with Crippen molar-refractivity contribution in [3.63, 3.8) is 0 Å². The summed E-state index contributed by atoms with van der Waals surface area (Å²) in [6.07, 6.45) is 0.889. The molecule has 0 radical (unpaired) electrons. The Morgan fingerprint density at radius 3 is 1.95 bits per heavy atom. The highest BCUT2D eigenvalue weighted by Crippen LogP contribution is 2.27. The summed E-state index contributed by atoms with van der Waals surface area (Å²) in [6, 6.07) is 1.81. The third kappa shape index (κ3) is 6.36. The largest absolute Gasteiger partial charge is 0.481 e. The summed E-state index contributed by atoms with van der Waals surface area (Å²) in [5.74, 6) is -0.900. The van der Waals surface area contributed by atoms with Crippen LogP contribution in [0.2, 0.25) is 0 Å². The second kappa shape index (κ2) is 8.37. The third-order valence-electron chi connectivity index (χ3n) is 3.01. The highest BCUT2D eigenvalue weighted by molar-refractivity contribution is 7.30. The van der Waals surface area contributed by atoms with Crippen LogP contribution in [0.1, 0.15) is 35.7 Å². The van der Waals surface area contributed by atoms with Crippen molar-refractivity contribution in [3.8, 4) is 0 Å². The Bertz CT molecular complexity index is 504. The SMILES string of the molecule is O=C(O)CCc1ccpc(CCC(=O)O)c1CCC(=O)O. The lowest BCUT2D eigenvalue weighted by Crippen LogP contribution is -2.06. The predicted octanol–water partition coefficient (Wildman–Crippen LogP) is 2.32. The highest BCUT2D eigenvalue weighted by atomic mass is 31.0. The zero-order valence-electron chi connectivity index (χ0n) is 11.4. The van der Waals surface area contributed by atoms with E-state index < -0.39 is 17.9 Å². The fraction of sp³-hybridized carbons (Fsp3) is 0.429. The molecule has 0 amide bonds. The molecule has 114 valence electrons. The Morgan fingerprint density at radius 2 is 1.38 bits per heavy atom. The molecule has 0 aromatic carbocycles. The second-order valence-corrected chi connectivity index (χ2v) is 5.67. The molecule has 6 nitrogen and oxygen atoms in total. The smallest absolute Gasteiger partial charge is 0.303 e. The molecular formula is C14H17O6P. The van der Waals surface area contributed by atoms with Gasteiger partial charge in [0.1, 0.15) is 0 Å². The van der Waals surface area contributed by atoms with Gasteiger partial charge in [0, 0.05) is 19.3 Å². The van der Waals surface area contributed by atoms with E-state index in [9.17, 15) is 14.4 Å². The van der Waals surface area contributed by atoms with E-state index in [4.69, 9.17) is 15.3 Å². The maximum Gasteiger partial charge on any atom is 0.303 e. The van der Waals surface area contributed by atoms with E-state index in [1.807, 2.05) is 11.9 Å². The number of aryl methyl sites for hydroxylation is 2. The maximum absolute atomic E-state index is 10.7. The van der Waals surface area contributed by atoms with E-state index in [0.29, 0.717) is 19.3 Å². The van der Waals surface area contributed by atoms with Crippen LogP contribution in [0, 0.1) is 0 Å². The number of rotatable bonds is 9. The zero-order valence-corrected chi connectivity index (χ0v) is 12.3. The fourth-order valence-corrected chi connectivity index (χ4v) is 3.12. The molecule has 0 unspecified atom stereocenters. The molecule has 1 rings (SSSR count). The van der Waals surface area contributed by atoms with E-state index in [-0.39, 0.29) is 19.3 Å². The molecule has 0 fully saturated rings. The van der Waals surface area contributed by atoms with Crippen molar-refractivity contribution in [1.82, 2.24) is 0 Å². The molecule has 3 N–H and O–H groups in total. The van der Waals surface area contributed by atoms with Gasteiger partial charge in [-0.2, -0.15) is 0 Å². The van der Waals surface area contributed by atoms with Crippen molar-refractivity contribution in [2.24, 2.45) is 0 Å². The van der Waals surface area contributed by atoms with Crippen molar-refractivity contribution in [2.75, 3.05) is 0 Å². The minimum absolute atomic E-state index is 0.0149. The van der Waals surface area contributed by atoms with Crippen molar-refractivity contribution in [1.29, 1.82) is 0 Å². The van der Waals surface area contributed by atoms with Gasteiger partial charge in [-0.1, -0.05) is 14.3 Å². The van der Waals surface area contributed by atoms with Crippen LogP contribution in [0.15, 0.2) is 11.9 Å². The average Bonchev–Trinajstić information content (AvgIpc) is 2.40. The lowest BCUT2D eigenvalue weighted by Gasteiger charge is -2.13. The Labute approximate surface area is 123 Å². The Kier molecular flexibility index (Phi) is 6.82. The van der Waals surface area contributed by atoms with E-state index in [0.717, 1.165) is 24.6 Å². The quantitative estimate of drug-likeness (QED) is 0.645. The van der Waals surface area contributed by atoms with Crippen molar-refractivity contribution >= 4 is 26.1 Å². The molecule has 1 aromatic rings. The second-order valence-electron chi connectivity index (χ2n) is 4.58. The molecule has 0 bridgehead atoms. The summed E-state index contributed by atoms with van der Waals surface area (Å²) in [7, 11) is 0.857. The van der Waals surface area contributed by atoms with E-state index in [2.05, 4.69) is 0 Å². The van der Waals surface area contributed by atoms with Gasteiger partial charge in [0.2, 0.25) is 0 Å². The molecule has 0 spiro atoms. The van der Waals surface area contributed by atoms with Gasteiger partial charge in [0.05, 0.1) is 0 Å². The van der Waals surface area contributed by atoms with Crippen LogP contribution in [0.5, 0.6) is 0 Å². The molecule has 0 saturated carbocycles. The first-order chi connectivity index (χ1) is 9.90. The Balaban J connectivity index is 2.97. The van der Waals surface area contributed by atoms with E-state index in [1.54, 1.807) is 0 Å². The predicted molar refractivity (Wildman–Crippen MR) is 76.8 cm³/mol. The first-order valence-electron chi connectivity index (χ1n) is 6.51. The van der Waals surface area contributed by atoms with Crippen LogP contribution in [0.25, 0.3) is 0 Å². The van der Waals surface area contributed by atoms with Gasteiger partial charge in [0.25, 0.3) is 0 Å². The topological polar surface area (TPSA) is 112 Å². The fourth-order valence-electron chi connectivity index (χ4n) is 2.03. The van der Waals surface area contributed by atoms with Gasteiger partial charge < -0.3 is 15.3 Å². The Morgan fingerprint density at radius 1 is 0.857 bits per heavy atom. The molecule has 7 heteroatoms. The summed E-state index contributed by atoms with van der Waals surface area (Å²) < 4.78 is 0. The molecule has 0 atom stereocenters. The normalized spacial score (nSPS) is 10.7. The van der Waals surface area contributed by atoms with Gasteiger partial charge in [-0.05, 0) is 41.5 Å². The molecule has 0 aliphatic heterocycles. The van der Waals surface area contributed by atoms with Crippen molar-refractivity contribution in [3.05, 3.63) is 28.3 Å². The van der Waals surface area contributed by atoms with Crippen LogP contribution in [-0.4, -0.2) is 33.2 Å². The molecule has 1 heterocycles. The lowest BCUT2D eigenvalue weighted by molar-refractivity contribution is -0.138. The van der Waals surface area contributed by atoms with Gasteiger partial charge >= 0.3 is 17.9 Å². The highest BCUT2D eigenvalue weighted by Gasteiger charge is 2.13. The van der Waals surface area contributed by atoms with Crippen LogP contribution in [0.4, 0.5) is 0 Å². The van der Waals surface area contributed by atoms with Gasteiger partial charge in [-0.3, -0.25) is 14.4 Å². The molecule has 1 aromatic heterocycles. The van der Waals surface area contributed by atoms with E-state index >= 15 is 0 Å². The van der Waals surface area contributed by atoms with Crippen molar-refractivity contribution < 1.29 is 29.7 Å². The maximum atomic E-state index is 10.7. The molecule has 0 saturated heterocycles. The number of aliphatic carboxylic acids is 3. The number of carboxylic acid groups (broad SMARTS) is 3.